The second-order valence-electron chi connectivity index (χ2n) is 3.82. The Balaban J connectivity index is 2.89. The average Bonchev–Trinajstić information content (AvgIpc) is 2.31. The van der Waals surface area contributed by atoms with Crippen LogP contribution in [0.3, 0.4) is 0 Å². The van der Waals surface area contributed by atoms with Gasteiger partial charge in [-0.2, -0.15) is 0 Å². The number of rotatable bonds is 4. The van der Waals surface area contributed by atoms with Crippen molar-refractivity contribution in [1.82, 2.24) is 0 Å². The van der Waals surface area contributed by atoms with Gasteiger partial charge in [-0.05, 0) is 25.1 Å². The van der Waals surface area contributed by atoms with Gasteiger partial charge in [-0.1, -0.05) is 18.5 Å². The molecule has 1 rings (SSSR count). The van der Waals surface area contributed by atoms with Gasteiger partial charge in [0.2, 0.25) is 5.91 Å². The summed E-state index contributed by atoms with van der Waals surface area (Å²) in [7, 11) is -3.42. The molecule has 7 heteroatoms. The number of amides is 1. The largest absolute Gasteiger partial charge is 0.399 e. The van der Waals surface area contributed by atoms with Crippen LogP contribution in [0.4, 0.5) is 11.4 Å². The van der Waals surface area contributed by atoms with E-state index in [0.717, 1.165) is 0 Å². The van der Waals surface area contributed by atoms with E-state index in [1.807, 2.05) is 0 Å². The zero-order valence-corrected chi connectivity index (χ0v) is 11.7. The maximum atomic E-state index is 11.8. The van der Waals surface area contributed by atoms with Gasteiger partial charge in [0.1, 0.15) is 5.25 Å². The number of sulfone groups is 1. The molecule has 0 radical (unpaired) electrons. The van der Waals surface area contributed by atoms with Crippen molar-refractivity contribution in [2.45, 2.75) is 19.1 Å². The Kier molecular flexibility index (Phi) is 4.59. The summed E-state index contributed by atoms with van der Waals surface area (Å²) in [5, 5.41) is 1.63. The Morgan fingerprint density at radius 1 is 1.50 bits per heavy atom. The molecule has 18 heavy (non-hydrogen) atoms. The molecule has 0 saturated heterocycles. The topological polar surface area (TPSA) is 89.3 Å². The lowest BCUT2D eigenvalue weighted by atomic mass is 10.2. The summed E-state index contributed by atoms with van der Waals surface area (Å²) in [5.74, 6) is -0.694. The smallest absolute Gasteiger partial charge is 0.242 e. The highest BCUT2D eigenvalue weighted by Gasteiger charge is 2.26. The molecule has 5 nitrogen and oxygen atoms in total. The number of nitrogens with two attached hydrogens (primary N) is 1. The molecular weight excluding hydrogens is 276 g/mol. The fourth-order valence-electron chi connectivity index (χ4n) is 1.28. The number of nitrogens with one attached hydrogen (secondary N) is 1. The molecule has 1 amide bonds. The second-order valence-corrected chi connectivity index (χ2v) is 6.84. The maximum Gasteiger partial charge on any atom is 0.242 e. The van der Waals surface area contributed by atoms with Crippen molar-refractivity contribution in [3.63, 3.8) is 0 Å². The minimum atomic E-state index is -3.42. The van der Waals surface area contributed by atoms with E-state index in [-0.39, 0.29) is 10.8 Å². The van der Waals surface area contributed by atoms with Crippen LogP contribution in [0.5, 0.6) is 0 Å². The standard InChI is InChI=1S/C11H15ClN2O3S/c1-3-18(16,17)7(2)11(15)14-10-5-4-8(13)6-9(10)12/h4-7H,3,13H2,1-2H3,(H,14,15). The Morgan fingerprint density at radius 3 is 2.61 bits per heavy atom. The Morgan fingerprint density at radius 2 is 2.11 bits per heavy atom. The molecule has 0 fully saturated rings. The summed E-state index contributed by atoms with van der Waals surface area (Å²) in [6.07, 6.45) is 0. The van der Waals surface area contributed by atoms with Crippen LogP contribution < -0.4 is 11.1 Å². The van der Waals surface area contributed by atoms with Gasteiger partial charge in [0, 0.05) is 11.4 Å². The van der Waals surface area contributed by atoms with Crippen molar-refractivity contribution in [1.29, 1.82) is 0 Å². The summed E-state index contributed by atoms with van der Waals surface area (Å²) < 4.78 is 23.1. The first-order chi connectivity index (χ1) is 8.27. The van der Waals surface area contributed by atoms with Crippen molar-refractivity contribution in [2.24, 2.45) is 0 Å². The maximum absolute atomic E-state index is 11.8. The summed E-state index contributed by atoms with van der Waals surface area (Å²) in [6, 6.07) is 4.58. The number of nitrogen functional groups attached to an aromatic ring is 1. The average molecular weight is 291 g/mol. The third kappa shape index (κ3) is 3.36. The highest BCUT2D eigenvalue weighted by molar-refractivity contribution is 7.92. The van der Waals surface area contributed by atoms with Crippen molar-refractivity contribution in [3.8, 4) is 0 Å². The molecular formula is C11H15ClN2O3S. The quantitative estimate of drug-likeness (QED) is 0.826. The van der Waals surface area contributed by atoms with E-state index in [9.17, 15) is 13.2 Å². The van der Waals surface area contributed by atoms with E-state index >= 15 is 0 Å². The Labute approximate surface area is 111 Å². The summed E-state index contributed by atoms with van der Waals surface area (Å²) in [6.45, 7) is 2.84. The molecule has 1 aromatic rings. The van der Waals surface area contributed by atoms with E-state index < -0.39 is 21.0 Å². The fraction of sp³-hybridized carbons (Fsp3) is 0.364. The zero-order valence-electron chi connectivity index (χ0n) is 10.1. The van der Waals surface area contributed by atoms with Crippen molar-refractivity contribution in [2.75, 3.05) is 16.8 Å². The lowest BCUT2D eigenvalue weighted by Crippen LogP contribution is -2.33. The van der Waals surface area contributed by atoms with E-state index in [4.69, 9.17) is 17.3 Å². The molecule has 0 saturated carbocycles. The van der Waals surface area contributed by atoms with Gasteiger partial charge in [0.25, 0.3) is 0 Å². The van der Waals surface area contributed by atoms with Crippen LogP contribution in [0.25, 0.3) is 0 Å². The molecule has 0 heterocycles. The lowest BCUT2D eigenvalue weighted by molar-refractivity contribution is -0.115. The van der Waals surface area contributed by atoms with E-state index in [0.29, 0.717) is 11.4 Å². The molecule has 1 atom stereocenters. The van der Waals surface area contributed by atoms with Crippen molar-refractivity contribution >= 4 is 38.7 Å². The predicted octanol–water partition coefficient (Wildman–Crippen LogP) is 1.68. The zero-order chi connectivity index (χ0) is 13.9. The van der Waals surface area contributed by atoms with Crippen molar-refractivity contribution < 1.29 is 13.2 Å². The molecule has 3 N–H and O–H groups in total. The number of anilines is 2. The van der Waals surface area contributed by atoms with E-state index in [2.05, 4.69) is 5.32 Å². The first-order valence-corrected chi connectivity index (χ1v) is 7.44. The SMILES string of the molecule is CCS(=O)(=O)C(C)C(=O)Nc1ccc(N)cc1Cl. The van der Waals surface area contributed by atoms with Crippen LogP contribution in [-0.2, 0) is 14.6 Å². The van der Waals surface area contributed by atoms with E-state index in [1.165, 1.54) is 26.0 Å². The van der Waals surface area contributed by atoms with Crippen LogP contribution in [0.1, 0.15) is 13.8 Å². The van der Waals surface area contributed by atoms with Crippen LogP contribution in [0.2, 0.25) is 5.02 Å². The molecule has 0 spiro atoms. The number of halogens is 1. The highest BCUT2D eigenvalue weighted by Crippen LogP contribution is 2.24. The Hall–Kier alpha value is -1.27. The van der Waals surface area contributed by atoms with Crippen LogP contribution in [-0.4, -0.2) is 25.3 Å². The molecule has 1 aromatic carbocycles. The number of carbonyl (C=O) groups is 1. The lowest BCUT2D eigenvalue weighted by Gasteiger charge is -2.13. The van der Waals surface area contributed by atoms with Crippen molar-refractivity contribution in [3.05, 3.63) is 23.2 Å². The first kappa shape index (κ1) is 14.8. The Bertz CT molecular complexity index is 557. The first-order valence-electron chi connectivity index (χ1n) is 5.35. The minimum absolute atomic E-state index is 0.0863. The van der Waals surface area contributed by atoms with Gasteiger partial charge < -0.3 is 11.1 Å². The van der Waals surface area contributed by atoms with Gasteiger partial charge in [0.05, 0.1) is 10.7 Å². The molecule has 1 unspecified atom stereocenters. The van der Waals surface area contributed by atoms with Gasteiger partial charge in [-0.3, -0.25) is 4.79 Å². The molecule has 0 aliphatic heterocycles. The predicted molar refractivity (Wildman–Crippen MR) is 73.4 cm³/mol. The second kappa shape index (κ2) is 5.58. The minimum Gasteiger partial charge on any atom is -0.399 e. The summed E-state index contributed by atoms with van der Waals surface area (Å²) in [4.78, 5) is 11.8. The van der Waals surface area contributed by atoms with E-state index in [1.54, 1.807) is 6.07 Å². The summed E-state index contributed by atoms with van der Waals surface area (Å²) in [5.41, 5.74) is 6.32. The van der Waals surface area contributed by atoms with Gasteiger partial charge in [0.15, 0.2) is 9.84 Å². The third-order valence-corrected chi connectivity index (χ3v) is 4.97. The highest BCUT2D eigenvalue weighted by atomic mass is 35.5. The normalized spacial score (nSPS) is 13.1. The number of hydrogen-bond acceptors (Lipinski definition) is 4. The van der Waals surface area contributed by atoms with Gasteiger partial charge >= 0.3 is 0 Å². The number of hydrogen-bond donors (Lipinski definition) is 2. The third-order valence-electron chi connectivity index (χ3n) is 2.56. The number of benzene rings is 1. The summed E-state index contributed by atoms with van der Waals surface area (Å²) >= 11 is 5.88. The molecule has 100 valence electrons. The molecule has 0 aliphatic rings. The molecule has 0 aliphatic carbocycles. The number of carbonyl (C=O) groups excluding carboxylic acids is 1. The van der Waals surface area contributed by atoms with Gasteiger partial charge in [-0.25, -0.2) is 8.42 Å². The molecule has 0 bridgehead atoms. The monoisotopic (exact) mass is 290 g/mol. The van der Waals surface area contributed by atoms with Crippen LogP contribution in [0.15, 0.2) is 18.2 Å². The van der Waals surface area contributed by atoms with Crippen LogP contribution >= 0.6 is 11.6 Å². The van der Waals surface area contributed by atoms with Gasteiger partial charge in [-0.15, -0.1) is 0 Å². The fourth-order valence-corrected chi connectivity index (χ4v) is 2.40. The molecule has 0 aromatic heterocycles. The van der Waals surface area contributed by atoms with Crippen LogP contribution in [0, 0.1) is 0 Å².